The van der Waals surface area contributed by atoms with E-state index in [1.54, 1.807) is 0 Å². The van der Waals surface area contributed by atoms with Crippen LogP contribution in [0.25, 0.3) is 0 Å². The van der Waals surface area contributed by atoms with E-state index in [0.29, 0.717) is 6.04 Å². The molecule has 0 radical (unpaired) electrons. The SMILES string of the molecule is CCCCCCCCCCCCCCCCCC[NH2+]C(C)C=C(C)C.[Cl-]. The Morgan fingerprint density at radius 3 is 1.35 bits per heavy atom. The highest BCUT2D eigenvalue weighted by molar-refractivity contribution is 4.95. The molecule has 0 rings (SSSR count). The molecule has 0 spiro atoms. The van der Waals surface area contributed by atoms with E-state index in [1.807, 2.05) is 0 Å². The van der Waals surface area contributed by atoms with Crippen LogP contribution in [0.2, 0.25) is 0 Å². The lowest BCUT2D eigenvalue weighted by Crippen LogP contribution is -3.00. The van der Waals surface area contributed by atoms with Crippen molar-refractivity contribution in [3.05, 3.63) is 11.6 Å². The smallest absolute Gasteiger partial charge is 0.102 e. The summed E-state index contributed by atoms with van der Waals surface area (Å²) in [7, 11) is 0. The largest absolute Gasteiger partial charge is 1.00 e. The minimum absolute atomic E-state index is 0. The molecule has 0 aliphatic carbocycles. The van der Waals surface area contributed by atoms with Gasteiger partial charge in [0.2, 0.25) is 0 Å². The summed E-state index contributed by atoms with van der Waals surface area (Å²) in [5, 5.41) is 2.48. The van der Waals surface area contributed by atoms with Crippen molar-refractivity contribution in [2.24, 2.45) is 0 Å². The van der Waals surface area contributed by atoms with Crippen LogP contribution in [-0.4, -0.2) is 12.6 Å². The first-order chi connectivity index (χ1) is 12.2. The highest BCUT2D eigenvalue weighted by Gasteiger charge is 2.00. The molecular formula is C24H50ClN. The Hall–Kier alpha value is -0.0100. The fourth-order valence-corrected chi connectivity index (χ4v) is 3.67. The molecule has 2 N–H and O–H groups in total. The number of rotatable bonds is 19. The van der Waals surface area contributed by atoms with Crippen molar-refractivity contribution in [1.29, 1.82) is 0 Å². The monoisotopic (exact) mass is 387 g/mol. The summed E-state index contributed by atoms with van der Waals surface area (Å²) in [5.74, 6) is 0. The number of nitrogens with two attached hydrogens (primary N) is 1. The van der Waals surface area contributed by atoms with Gasteiger partial charge in [-0.25, -0.2) is 0 Å². The standard InChI is InChI=1S/C24H49N.ClH/c1-5-6-7-8-9-10-11-12-13-14-15-16-17-18-19-20-21-25-24(4)22-23(2)3;/h22,24-25H,5-21H2,1-4H3;1H. The summed E-state index contributed by atoms with van der Waals surface area (Å²) in [6, 6.07) is 0.654. The predicted octanol–water partition coefficient (Wildman–Crippen LogP) is 4.17. The molecule has 158 valence electrons. The molecule has 0 saturated carbocycles. The minimum atomic E-state index is 0. The van der Waals surface area contributed by atoms with E-state index in [1.165, 1.54) is 115 Å². The highest BCUT2D eigenvalue weighted by atomic mass is 35.5. The molecule has 1 unspecified atom stereocenters. The van der Waals surface area contributed by atoms with E-state index in [9.17, 15) is 0 Å². The predicted molar refractivity (Wildman–Crippen MR) is 115 cm³/mol. The van der Waals surface area contributed by atoms with Gasteiger partial charge in [-0.05, 0) is 39.7 Å². The summed E-state index contributed by atoms with van der Waals surface area (Å²) in [5.41, 5.74) is 1.44. The van der Waals surface area contributed by atoms with Crippen LogP contribution in [0.4, 0.5) is 0 Å². The van der Waals surface area contributed by atoms with Crippen LogP contribution in [-0.2, 0) is 0 Å². The third kappa shape index (κ3) is 24.0. The fourth-order valence-electron chi connectivity index (χ4n) is 3.67. The van der Waals surface area contributed by atoms with Gasteiger partial charge in [0.05, 0.1) is 6.54 Å². The second-order valence-corrected chi connectivity index (χ2v) is 8.43. The van der Waals surface area contributed by atoms with Gasteiger partial charge in [0.25, 0.3) is 0 Å². The molecule has 0 bridgehead atoms. The molecule has 0 aliphatic heterocycles. The first kappa shape index (κ1) is 28.2. The summed E-state index contributed by atoms with van der Waals surface area (Å²) >= 11 is 0. The van der Waals surface area contributed by atoms with E-state index < -0.39 is 0 Å². The molecular weight excluding hydrogens is 338 g/mol. The lowest BCUT2D eigenvalue weighted by atomic mass is 10.0. The maximum atomic E-state index is 2.48. The maximum Gasteiger partial charge on any atom is 0.102 e. The Bertz CT molecular complexity index is 284. The Morgan fingerprint density at radius 2 is 1.00 bits per heavy atom. The van der Waals surface area contributed by atoms with Crippen LogP contribution in [0.5, 0.6) is 0 Å². The molecule has 2 heteroatoms. The van der Waals surface area contributed by atoms with Crippen molar-refractivity contribution >= 4 is 0 Å². The van der Waals surface area contributed by atoms with Crippen molar-refractivity contribution in [1.82, 2.24) is 0 Å². The number of halogens is 1. The van der Waals surface area contributed by atoms with Crippen molar-refractivity contribution in [3.8, 4) is 0 Å². The van der Waals surface area contributed by atoms with Crippen molar-refractivity contribution in [2.45, 2.75) is 136 Å². The van der Waals surface area contributed by atoms with Gasteiger partial charge in [0, 0.05) is 0 Å². The maximum absolute atomic E-state index is 2.48. The van der Waals surface area contributed by atoms with Gasteiger partial charge in [-0.3, -0.25) is 0 Å². The third-order valence-corrected chi connectivity index (χ3v) is 5.19. The van der Waals surface area contributed by atoms with Gasteiger partial charge in [-0.2, -0.15) is 0 Å². The molecule has 0 aromatic rings. The number of quaternary nitrogens is 1. The minimum Gasteiger partial charge on any atom is -1.00 e. The van der Waals surface area contributed by atoms with Gasteiger partial charge < -0.3 is 17.7 Å². The second kappa shape index (κ2) is 23.0. The van der Waals surface area contributed by atoms with Gasteiger partial charge in [0.15, 0.2) is 0 Å². The van der Waals surface area contributed by atoms with E-state index in [2.05, 4.69) is 39.1 Å². The van der Waals surface area contributed by atoms with Crippen LogP contribution in [0.1, 0.15) is 130 Å². The van der Waals surface area contributed by atoms with Crippen LogP contribution in [0, 0.1) is 0 Å². The molecule has 0 aromatic heterocycles. The molecule has 0 fully saturated rings. The average Bonchev–Trinajstić information content (AvgIpc) is 2.57. The van der Waals surface area contributed by atoms with E-state index in [-0.39, 0.29) is 12.4 Å². The van der Waals surface area contributed by atoms with Gasteiger partial charge >= 0.3 is 0 Å². The van der Waals surface area contributed by atoms with E-state index in [0.717, 1.165) is 0 Å². The first-order valence-electron chi connectivity index (χ1n) is 11.6. The average molecular weight is 388 g/mol. The molecule has 26 heavy (non-hydrogen) atoms. The molecule has 0 amide bonds. The zero-order valence-corrected chi connectivity index (χ0v) is 19.4. The zero-order chi connectivity index (χ0) is 18.6. The van der Waals surface area contributed by atoms with Crippen LogP contribution in [0.15, 0.2) is 11.6 Å². The molecule has 0 aromatic carbocycles. The number of hydrogen-bond donors (Lipinski definition) is 1. The quantitative estimate of drug-likeness (QED) is 0.253. The van der Waals surface area contributed by atoms with Gasteiger partial charge in [-0.15, -0.1) is 0 Å². The summed E-state index contributed by atoms with van der Waals surface area (Å²) in [4.78, 5) is 0. The Kier molecular flexibility index (Phi) is 25.0. The Balaban J connectivity index is 0. The van der Waals surface area contributed by atoms with Crippen molar-refractivity contribution < 1.29 is 17.7 Å². The Labute approximate surface area is 172 Å². The first-order valence-corrected chi connectivity index (χ1v) is 11.6. The number of allylic oxidation sites excluding steroid dienone is 1. The van der Waals surface area contributed by atoms with Crippen molar-refractivity contribution in [2.75, 3.05) is 6.54 Å². The summed E-state index contributed by atoms with van der Waals surface area (Å²) < 4.78 is 0. The lowest BCUT2D eigenvalue weighted by Gasteiger charge is -2.07. The zero-order valence-electron chi connectivity index (χ0n) is 18.6. The molecule has 1 atom stereocenters. The lowest BCUT2D eigenvalue weighted by molar-refractivity contribution is -0.676. The molecule has 0 heterocycles. The van der Waals surface area contributed by atoms with Crippen molar-refractivity contribution in [3.63, 3.8) is 0 Å². The van der Waals surface area contributed by atoms with Crippen LogP contribution in [0.3, 0.4) is 0 Å². The topological polar surface area (TPSA) is 16.6 Å². The van der Waals surface area contributed by atoms with E-state index >= 15 is 0 Å². The number of hydrogen-bond acceptors (Lipinski definition) is 0. The van der Waals surface area contributed by atoms with Gasteiger partial charge in [0.1, 0.15) is 6.04 Å². The van der Waals surface area contributed by atoms with Gasteiger partial charge in [-0.1, -0.05) is 102 Å². The summed E-state index contributed by atoms with van der Waals surface area (Å²) in [6.45, 7) is 10.3. The third-order valence-electron chi connectivity index (χ3n) is 5.19. The summed E-state index contributed by atoms with van der Waals surface area (Å²) in [6.07, 6.45) is 25.6. The molecule has 1 nitrogen and oxygen atoms in total. The van der Waals surface area contributed by atoms with E-state index in [4.69, 9.17) is 0 Å². The highest BCUT2D eigenvalue weighted by Crippen LogP contribution is 2.13. The molecule has 0 saturated heterocycles. The van der Waals surface area contributed by atoms with Crippen LogP contribution >= 0.6 is 0 Å². The molecule has 0 aliphatic rings. The second-order valence-electron chi connectivity index (χ2n) is 8.43. The number of unbranched alkanes of at least 4 members (excludes halogenated alkanes) is 15. The fraction of sp³-hybridized carbons (Fsp3) is 0.917. The normalized spacial score (nSPS) is 11.8. The Morgan fingerprint density at radius 1 is 0.654 bits per heavy atom. The van der Waals surface area contributed by atoms with Crippen LogP contribution < -0.4 is 17.7 Å².